The number of unbranched alkanes of at least 4 members (excludes halogenated alkanes) is 2. The number of halogens is 1. The SMILES string of the molecule is CCCCCC(C)NS(=O)(=O)c1cc(CNCC)oc1Br. The first-order valence-corrected chi connectivity index (χ1v) is 9.69. The largest absolute Gasteiger partial charge is 0.452 e. The normalized spacial score (nSPS) is 13.5. The maximum absolute atomic E-state index is 12.4. The Morgan fingerprint density at radius 1 is 1.33 bits per heavy atom. The van der Waals surface area contributed by atoms with Gasteiger partial charge in [0.1, 0.15) is 10.7 Å². The Hall–Kier alpha value is -0.370. The molecule has 0 aromatic carbocycles. The van der Waals surface area contributed by atoms with Crippen LogP contribution in [0.1, 0.15) is 52.2 Å². The molecule has 0 bridgehead atoms. The molecule has 5 nitrogen and oxygen atoms in total. The van der Waals surface area contributed by atoms with Gasteiger partial charge in [-0.3, -0.25) is 0 Å². The van der Waals surface area contributed by atoms with Crippen LogP contribution in [0, 0.1) is 0 Å². The molecule has 1 atom stereocenters. The summed E-state index contributed by atoms with van der Waals surface area (Å²) in [5, 5.41) is 3.10. The molecular formula is C14H25BrN2O3S. The lowest BCUT2D eigenvalue weighted by molar-refractivity contribution is 0.463. The molecule has 0 fully saturated rings. The molecule has 1 aromatic rings. The van der Waals surface area contributed by atoms with E-state index >= 15 is 0 Å². The Balaban J connectivity index is 2.71. The van der Waals surface area contributed by atoms with Crippen LogP contribution in [0.2, 0.25) is 0 Å². The highest BCUT2D eigenvalue weighted by Gasteiger charge is 2.24. The molecule has 0 saturated heterocycles. The Morgan fingerprint density at radius 2 is 2.05 bits per heavy atom. The molecule has 0 aliphatic rings. The molecule has 0 saturated carbocycles. The van der Waals surface area contributed by atoms with Gasteiger partial charge < -0.3 is 9.73 Å². The molecule has 0 radical (unpaired) electrons. The Bertz CT molecular complexity index is 528. The molecule has 0 amide bonds. The van der Waals surface area contributed by atoms with E-state index in [1.54, 1.807) is 6.07 Å². The highest BCUT2D eigenvalue weighted by Crippen LogP contribution is 2.26. The van der Waals surface area contributed by atoms with Crippen molar-refractivity contribution in [2.75, 3.05) is 6.54 Å². The maximum atomic E-state index is 12.4. The minimum Gasteiger partial charge on any atom is -0.452 e. The molecule has 0 spiro atoms. The monoisotopic (exact) mass is 380 g/mol. The summed E-state index contributed by atoms with van der Waals surface area (Å²) in [5.74, 6) is 0.600. The smallest absolute Gasteiger partial charge is 0.245 e. The summed E-state index contributed by atoms with van der Waals surface area (Å²) in [5.41, 5.74) is 0. The lowest BCUT2D eigenvalue weighted by Crippen LogP contribution is -2.32. The lowest BCUT2D eigenvalue weighted by atomic mass is 10.1. The van der Waals surface area contributed by atoms with E-state index in [-0.39, 0.29) is 15.6 Å². The first-order valence-electron chi connectivity index (χ1n) is 7.42. The van der Waals surface area contributed by atoms with Gasteiger partial charge in [-0.25, -0.2) is 13.1 Å². The van der Waals surface area contributed by atoms with Crippen molar-refractivity contribution in [3.05, 3.63) is 16.5 Å². The quantitative estimate of drug-likeness (QED) is 0.610. The van der Waals surface area contributed by atoms with Crippen LogP contribution in [0.25, 0.3) is 0 Å². The van der Waals surface area contributed by atoms with Crippen molar-refractivity contribution in [1.82, 2.24) is 10.0 Å². The molecule has 1 aromatic heterocycles. The van der Waals surface area contributed by atoms with Crippen LogP contribution < -0.4 is 10.0 Å². The van der Waals surface area contributed by atoms with Gasteiger partial charge in [-0.1, -0.05) is 33.1 Å². The third-order valence-electron chi connectivity index (χ3n) is 3.14. The number of hydrogen-bond acceptors (Lipinski definition) is 4. The van der Waals surface area contributed by atoms with E-state index in [1.165, 1.54) is 0 Å². The van der Waals surface area contributed by atoms with Crippen LogP contribution in [0.4, 0.5) is 0 Å². The highest BCUT2D eigenvalue weighted by molar-refractivity contribution is 9.10. The molecule has 1 unspecified atom stereocenters. The average Bonchev–Trinajstić information content (AvgIpc) is 2.78. The van der Waals surface area contributed by atoms with E-state index in [0.717, 1.165) is 32.2 Å². The molecule has 1 heterocycles. The van der Waals surface area contributed by atoms with Gasteiger partial charge in [-0.05, 0) is 35.8 Å². The predicted molar refractivity (Wildman–Crippen MR) is 87.7 cm³/mol. The van der Waals surface area contributed by atoms with Gasteiger partial charge in [0.2, 0.25) is 10.0 Å². The van der Waals surface area contributed by atoms with Crippen molar-refractivity contribution in [1.29, 1.82) is 0 Å². The summed E-state index contributed by atoms with van der Waals surface area (Å²) in [6.45, 7) is 7.31. The third kappa shape index (κ3) is 6.10. The molecule has 7 heteroatoms. The van der Waals surface area contributed by atoms with E-state index in [2.05, 4.69) is 32.9 Å². The zero-order valence-corrected chi connectivity index (χ0v) is 15.3. The number of rotatable bonds is 10. The topological polar surface area (TPSA) is 71.3 Å². The summed E-state index contributed by atoms with van der Waals surface area (Å²) in [4.78, 5) is 0.165. The molecular weight excluding hydrogens is 356 g/mol. The van der Waals surface area contributed by atoms with Crippen LogP contribution in [0.3, 0.4) is 0 Å². The van der Waals surface area contributed by atoms with Crippen LogP contribution in [0.15, 0.2) is 20.0 Å². The van der Waals surface area contributed by atoms with Gasteiger partial charge >= 0.3 is 0 Å². The summed E-state index contributed by atoms with van der Waals surface area (Å²) in [7, 11) is -3.55. The van der Waals surface area contributed by atoms with E-state index in [9.17, 15) is 8.42 Å². The fraction of sp³-hybridized carbons (Fsp3) is 0.714. The van der Waals surface area contributed by atoms with Crippen molar-refractivity contribution < 1.29 is 12.8 Å². The molecule has 0 aliphatic heterocycles. The number of hydrogen-bond donors (Lipinski definition) is 2. The van der Waals surface area contributed by atoms with Crippen molar-refractivity contribution in [3.8, 4) is 0 Å². The van der Waals surface area contributed by atoms with Gasteiger partial charge in [-0.15, -0.1) is 0 Å². The standard InChI is InChI=1S/C14H25BrN2O3S/c1-4-6-7-8-11(3)17-21(18,19)13-9-12(10-16-5-2)20-14(13)15/h9,11,16-17H,4-8,10H2,1-3H3. The predicted octanol–water partition coefficient (Wildman–Crippen LogP) is 3.40. The van der Waals surface area contributed by atoms with Gasteiger partial charge in [0.15, 0.2) is 4.67 Å². The van der Waals surface area contributed by atoms with Crippen LogP contribution in [-0.2, 0) is 16.6 Å². The second-order valence-corrected chi connectivity index (χ2v) is 7.55. The third-order valence-corrected chi connectivity index (χ3v) is 5.59. The summed E-state index contributed by atoms with van der Waals surface area (Å²) >= 11 is 3.19. The van der Waals surface area contributed by atoms with E-state index in [4.69, 9.17) is 4.42 Å². The Labute approximate surface area is 136 Å². The lowest BCUT2D eigenvalue weighted by Gasteiger charge is -2.13. The second kappa shape index (κ2) is 8.92. The number of sulfonamides is 1. The van der Waals surface area contributed by atoms with E-state index in [1.807, 2.05) is 13.8 Å². The molecule has 122 valence electrons. The maximum Gasteiger partial charge on any atom is 0.245 e. The fourth-order valence-corrected chi connectivity index (χ4v) is 4.28. The zero-order chi connectivity index (χ0) is 15.9. The molecule has 1 rings (SSSR count). The number of nitrogens with one attached hydrogen (secondary N) is 2. The minimum absolute atomic E-state index is 0.0828. The number of furan rings is 1. The minimum atomic E-state index is -3.55. The van der Waals surface area contributed by atoms with Gasteiger partial charge in [0.25, 0.3) is 0 Å². The van der Waals surface area contributed by atoms with Crippen LogP contribution in [-0.4, -0.2) is 21.0 Å². The summed E-state index contributed by atoms with van der Waals surface area (Å²) in [6, 6.07) is 1.48. The van der Waals surface area contributed by atoms with E-state index in [0.29, 0.717) is 12.3 Å². The molecule has 21 heavy (non-hydrogen) atoms. The van der Waals surface area contributed by atoms with Crippen molar-refractivity contribution in [2.24, 2.45) is 0 Å². The van der Waals surface area contributed by atoms with Crippen LogP contribution in [0.5, 0.6) is 0 Å². The first kappa shape index (κ1) is 18.7. The van der Waals surface area contributed by atoms with Gasteiger partial charge in [-0.2, -0.15) is 0 Å². The van der Waals surface area contributed by atoms with Crippen molar-refractivity contribution in [2.45, 2.75) is 63.9 Å². The highest BCUT2D eigenvalue weighted by atomic mass is 79.9. The first-order chi connectivity index (χ1) is 9.90. The zero-order valence-electron chi connectivity index (χ0n) is 12.9. The van der Waals surface area contributed by atoms with Crippen molar-refractivity contribution >= 4 is 26.0 Å². The Morgan fingerprint density at radius 3 is 2.67 bits per heavy atom. The average molecular weight is 381 g/mol. The van der Waals surface area contributed by atoms with E-state index < -0.39 is 10.0 Å². The van der Waals surface area contributed by atoms with Gasteiger partial charge in [0.05, 0.1) is 6.54 Å². The van der Waals surface area contributed by atoms with Gasteiger partial charge in [0, 0.05) is 12.1 Å². The Kier molecular flexibility index (Phi) is 7.94. The second-order valence-electron chi connectivity index (χ2n) is 5.15. The van der Waals surface area contributed by atoms with Crippen LogP contribution >= 0.6 is 15.9 Å². The summed E-state index contributed by atoms with van der Waals surface area (Å²) < 4.78 is 33.1. The van der Waals surface area contributed by atoms with Crippen molar-refractivity contribution in [3.63, 3.8) is 0 Å². The molecule has 0 aliphatic carbocycles. The summed E-state index contributed by atoms with van der Waals surface area (Å²) in [6.07, 6.45) is 4.11. The molecule has 2 N–H and O–H groups in total. The fourth-order valence-electron chi connectivity index (χ4n) is 2.00.